The molecule has 3 heteroatoms. The molecule has 1 aliphatic rings. The van der Waals surface area contributed by atoms with E-state index in [1.807, 2.05) is 6.92 Å². The maximum absolute atomic E-state index is 11.0. The van der Waals surface area contributed by atoms with Gasteiger partial charge in [-0.2, -0.15) is 0 Å². The van der Waals surface area contributed by atoms with Crippen LogP contribution in [0.2, 0.25) is 0 Å². The number of aliphatic hydroxyl groups excluding tert-OH is 1. The Morgan fingerprint density at radius 3 is 2.80 bits per heavy atom. The summed E-state index contributed by atoms with van der Waals surface area (Å²) in [5, 5.41) is 8.61. The Balaban J connectivity index is 2.45. The van der Waals surface area contributed by atoms with Gasteiger partial charge in [-0.1, -0.05) is 20.3 Å². The van der Waals surface area contributed by atoms with Crippen LogP contribution in [0.3, 0.4) is 0 Å². The van der Waals surface area contributed by atoms with Crippen LogP contribution < -0.4 is 0 Å². The van der Waals surface area contributed by atoms with Crippen LogP contribution in [-0.4, -0.2) is 23.8 Å². The Hall–Kier alpha value is -0.570. The van der Waals surface area contributed by atoms with Crippen LogP contribution in [0.5, 0.6) is 0 Å². The van der Waals surface area contributed by atoms with Crippen molar-refractivity contribution in [1.82, 2.24) is 0 Å². The molecule has 1 aliphatic carbocycles. The van der Waals surface area contributed by atoms with E-state index in [2.05, 4.69) is 13.8 Å². The van der Waals surface area contributed by atoms with Gasteiger partial charge in [0.15, 0.2) is 0 Å². The van der Waals surface area contributed by atoms with Crippen LogP contribution in [-0.2, 0) is 9.53 Å². The van der Waals surface area contributed by atoms with Crippen molar-refractivity contribution in [2.75, 3.05) is 6.61 Å². The maximum Gasteiger partial charge on any atom is 0.332 e. The maximum atomic E-state index is 11.0. The molecule has 88 valence electrons. The van der Waals surface area contributed by atoms with Crippen molar-refractivity contribution in [3.63, 3.8) is 0 Å². The topological polar surface area (TPSA) is 46.5 Å². The summed E-state index contributed by atoms with van der Waals surface area (Å²) < 4.78 is 5.14. The van der Waals surface area contributed by atoms with Gasteiger partial charge < -0.3 is 9.84 Å². The van der Waals surface area contributed by atoms with Gasteiger partial charge in [0.25, 0.3) is 0 Å². The Morgan fingerprint density at radius 1 is 1.60 bits per heavy atom. The molecule has 0 aliphatic heterocycles. The molecule has 0 aromatic rings. The number of hydrogen-bond acceptors (Lipinski definition) is 3. The molecule has 2 atom stereocenters. The average molecular weight is 214 g/mol. The number of esters is 1. The van der Waals surface area contributed by atoms with E-state index in [4.69, 9.17) is 9.84 Å². The van der Waals surface area contributed by atoms with E-state index in [9.17, 15) is 4.79 Å². The summed E-state index contributed by atoms with van der Waals surface area (Å²) in [5.41, 5.74) is 0.364. The second kappa shape index (κ2) is 4.97. The number of rotatable bonds is 3. The molecule has 1 unspecified atom stereocenters. The third kappa shape index (κ3) is 3.82. The molecule has 15 heavy (non-hydrogen) atoms. The Morgan fingerprint density at radius 2 is 2.27 bits per heavy atom. The molecule has 0 bridgehead atoms. The highest BCUT2D eigenvalue weighted by Gasteiger charge is 2.32. The van der Waals surface area contributed by atoms with Crippen molar-refractivity contribution in [2.24, 2.45) is 11.3 Å². The SMILES string of the molecule is C[C@@H](OC(=O)CO)C1CCCC(C)(C)C1. The molecule has 1 fully saturated rings. The minimum absolute atomic E-state index is 0.0655. The third-order valence-electron chi connectivity index (χ3n) is 3.35. The van der Waals surface area contributed by atoms with Crippen molar-refractivity contribution in [3.05, 3.63) is 0 Å². The van der Waals surface area contributed by atoms with Crippen LogP contribution in [0.4, 0.5) is 0 Å². The molecule has 1 N–H and O–H groups in total. The molecular formula is C12H22O3. The van der Waals surface area contributed by atoms with Gasteiger partial charge in [-0.3, -0.25) is 0 Å². The van der Waals surface area contributed by atoms with Crippen molar-refractivity contribution in [1.29, 1.82) is 0 Å². The predicted octanol–water partition coefficient (Wildman–Crippen LogP) is 2.13. The number of carbonyl (C=O) groups is 1. The predicted molar refractivity (Wildman–Crippen MR) is 58.4 cm³/mol. The monoisotopic (exact) mass is 214 g/mol. The molecule has 1 rings (SSSR count). The van der Waals surface area contributed by atoms with Crippen LogP contribution in [0.15, 0.2) is 0 Å². The fraction of sp³-hybridized carbons (Fsp3) is 0.917. The molecule has 0 aromatic heterocycles. The van der Waals surface area contributed by atoms with Gasteiger partial charge in [0.05, 0.1) is 0 Å². The van der Waals surface area contributed by atoms with Gasteiger partial charge >= 0.3 is 5.97 Å². The standard InChI is InChI=1S/C12H22O3/c1-9(15-11(14)8-13)10-5-4-6-12(2,3)7-10/h9-10,13H,4-8H2,1-3H3/t9-,10?/m1/s1. The summed E-state index contributed by atoms with van der Waals surface area (Å²) in [4.78, 5) is 11.0. The highest BCUT2D eigenvalue weighted by molar-refractivity contribution is 5.70. The van der Waals surface area contributed by atoms with Crippen molar-refractivity contribution in [3.8, 4) is 0 Å². The first kappa shape index (κ1) is 12.5. The molecule has 3 nitrogen and oxygen atoms in total. The van der Waals surface area contributed by atoms with Gasteiger partial charge in [-0.15, -0.1) is 0 Å². The number of ether oxygens (including phenoxy) is 1. The number of carbonyl (C=O) groups excluding carboxylic acids is 1. The lowest BCUT2D eigenvalue weighted by molar-refractivity contribution is -0.155. The van der Waals surface area contributed by atoms with Gasteiger partial charge in [-0.25, -0.2) is 4.79 Å². The number of hydrogen-bond donors (Lipinski definition) is 1. The number of aliphatic hydroxyl groups is 1. The fourth-order valence-corrected chi connectivity index (χ4v) is 2.50. The van der Waals surface area contributed by atoms with Crippen molar-refractivity contribution in [2.45, 2.75) is 52.6 Å². The van der Waals surface area contributed by atoms with E-state index in [1.165, 1.54) is 12.8 Å². The second-order valence-electron chi connectivity index (χ2n) is 5.37. The van der Waals surface area contributed by atoms with Gasteiger partial charge in [0.2, 0.25) is 0 Å². The largest absolute Gasteiger partial charge is 0.461 e. The van der Waals surface area contributed by atoms with E-state index in [-0.39, 0.29) is 6.10 Å². The normalized spacial score (nSPS) is 27.1. The lowest BCUT2D eigenvalue weighted by atomic mass is 9.71. The van der Waals surface area contributed by atoms with Crippen molar-refractivity contribution >= 4 is 5.97 Å². The first-order valence-corrected chi connectivity index (χ1v) is 5.75. The first-order chi connectivity index (χ1) is 6.94. The van der Waals surface area contributed by atoms with E-state index in [0.717, 1.165) is 12.8 Å². The smallest absolute Gasteiger partial charge is 0.332 e. The minimum Gasteiger partial charge on any atom is -0.461 e. The summed E-state index contributed by atoms with van der Waals surface area (Å²) in [7, 11) is 0. The Labute approximate surface area is 91.8 Å². The van der Waals surface area contributed by atoms with E-state index in [0.29, 0.717) is 11.3 Å². The third-order valence-corrected chi connectivity index (χ3v) is 3.35. The van der Waals surface area contributed by atoms with Crippen LogP contribution in [0.25, 0.3) is 0 Å². The van der Waals surface area contributed by atoms with Crippen LogP contribution in [0, 0.1) is 11.3 Å². The molecule has 0 spiro atoms. The van der Waals surface area contributed by atoms with Crippen LogP contribution in [0.1, 0.15) is 46.5 Å². The Kier molecular flexibility index (Phi) is 4.14. The van der Waals surface area contributed by atoms with Gasteiger partial charge in [0, 0.05) is 0 Å². The molecule has 1 saturated carbocycles. The van der Waals surface area contributed by atoms with Crippen molar-refractivity contribution < 1.29 is 14.6 Å². The summed E-state index contributed by atoms with van der Waals surface area (Å²) in [6, 6.07) is 0. The minimum atomic E-state index is -0.513. The Bertz CT molecular complexity index is 223. The van der Waals surface area contributed by atoms with Gasteiger partial charge in [0.1, 0.15) is 12.7 Å². The molecular weight excluding hydrogens is 192 g/mol. The van der Waals surface area contributed by atoms with E-state index in [1.54, 1.807) is 0 Å². The summed E-state index contributed by atoms with van der Waals surface area (Å²) in [6.45, 7) is 5.94. The lowest BCUT2D eigenvalue weighted by Crippen LogP contribution is -2.32. The quantitative estimate of drug-likeness (QED) is 0.732. The molecule has 0 amide bonds. The fourth-order valence-electron chi connectivity index (χ4n) is 2.50. The van der Waals surface area contributed by atoms with E-state index < -0.39 is 12.6 Å². The lowest BCUT2D eigenvalue weighted by Gasteiger charge is -2.37. The van der Waals surface area contributed by atoms with E-state index >= 15 is 0 Å². The molecule has 0 aromatic carbocycles. The zero-order valence-corrected chi connectivity index (χ0v) is 9.95. The second-order valence-corrected chi connectivity index (χ2v) is 5.37. The highest BCUT2D eigenvalue weighted by atomic mass is 16.6. The molecule has 0 heterocycles. The van der Waals surface area contributed by atoms with Crippen LogP contribution >= 0.6 is 0 Å². The highest BCUT2D eigenvalue weighted by Crippen LogP contribution is 2.40. The molecule has 0 saturated heterocycles. The summed E-state index contributed by atoms with van der Waals surface area (Å²) in [5.74, 6) is -0.0601. The van der Waals surface area contributed by atoms with Gasteiger partial charge in [-0.05, 0) is 37.5 Å². The molecule has 0 radical (unpaired) electrons. The first-order valence-electron chi connectivity index (χ1n) is 5.75. The zero-order valence-electron chi connectivity index (χ0n) is 9.95. The average Bonchev–Trinajstić information content (AvgIpc) is 2.16. The summed E-state index contributed by atoms with van der Waals surface area (Å²) in [6.07, 6.45) is 4.63. The zero-order chi connectivity index (χ0) is 11.5. The summed E-state index contributed by atoms with van der Waals surface area (Å²) >= 11 is 0.